The maximum absolute atomic E-state index is 13.1. The van der Waals surface area contributed by atoms with Crippen LogP contribution in [-0.4, -0.2) is 49.1 Å². The number of nitrogens with one attached hydrogen (secondary N) is 1. The molecule has 2 N–H and O–H groups in total. The fraction of sp³-hybridized carbons (Fsp3) is 0.457. The number of carbonyl (C=O) groups is 1. The molecule has 1 aliphatic carbocycles. The molecule has 218 valence electrons. The number of Topliss-reactive ketones (excluding diaryl/α,β-unsaturated/α-hetero) is 1. The van der Waals surface area contributed by atoms with Crippen LogP contribution in [-0.2, 0) is 19.4 Å². The van der Waals surface area contributed by atoms with Gasteiger partial charge in [-0.3, -0.25) is 9.69 Å². The van der Waals surface area contributed by atoms with Crippen LogP contribution in [0.4, 0.5) is 5.69 Å². The summed E-state index contributed by atoms with van der Waals surface area (Å²) >= 11 is 0. The van der Waals surface area contributed by atoms with Gasteiger partial charge in [0.25, 0.3) is 0 Å². The third kappa shape index (κ3) is 7.42. The molecule has 0 amide bonds. The first-order chi connectivity index (χ1) is 20.0. The number of rotatable bonds is 8. The number of ketones is 1. The summed E-state index contributed by atoms with van der Waals surface area (Å²) in [4.78, 5) is 15.6. The second kappa shape index (κ2) is 13.9. The number of likely N-dealkylation sites (tertiary alicyclic amines) is 1. The molecule has 41 heavy (non-hydrogen) atoms. The Bertz CT molecular complexity index is 1300. The lowest BCUT2D eigenvalue weighted by Crippen LogP contribution is -2.34. The minimum absolute atomic E-state index is 0.108. The van der Waals surface area contributed by atoms with Crippen LogP contribution in [0.15, 0.2) is 60.7 Å². The van der Waals surface area contributed by atoms with E-state index < -0.39 is 0 Å². The number of carbonyl (C=O) groups excluding carboxylic acids is 1. The Morgan fingerprint density at radius 1 is 1.00 bits per heavy atom. The summed E-state index contributed by atoms with van der Waals surface area (Å²) in [5.41, 5.74) is 5.75. The number of benzene rings is 3. The van der Waals surface area contributed by atoms with Crippen molar-refractivity contribution in [3.05, 3.63) is 82.9 Å². The fourth-order valence-corrected chi connectivity index (χ4v) is 6.34. The van der Waals surface area contributed by atoms with E-state index in [1.165, 1.54) is 29.7 Å². The monoisotopic (exact) mass is 556 g/mol. The number of anilines is 1. The molecule has 6 rings (SSSR count). The van der Waals surface area contributed by atoms with E-state index in [4.69, 9.17) is 14.6 Å². The van der Waals surface area contributed by atoms with Crippen LogP contribution in [0.1, 0.15) is 66.1 Å². The van der Waals surface area contributed by atoms with Gasteiger partial charge in [-0.05, 0) is 111 Å². The first-order valence-electron chi connectivity index (χ1n) is 15.2. The zero-order valence-electron chi connectivity index (χ0n) is 24.5. The Balaban J connectivity index is 0.000000255. The van der Waals surface area contributed by atoms with Gasteiger partial charge in [0.05, 0.1) is 13.7 Å². The highest BCUT2D eigenvalue weighted by atomic mass is 16.5. The number of phenols is 1. The first-order valence-corrected chi connectivity index (χ1v) is 15.2. The normalized spacial score (nSPS) is 18.5. The smallest absolute Gasteiger partial charge is 0.166 e. The van der Waals surface area contributed by atoms with Crippen LogP contribution < -0.4 is 14.8 Å². The largest absolute Gasteiger partial charge is 0.508 e. The molecule has 0 aromatic heterocycles. The highest BCUT2D eigenvalue weighted by Crippen LogP contribution is 2.40. The summed E-state index contributed by atoms with van der Waals surface area (Å²) in [6, 6.07) is 20.1. The lowest BCUT2D eigenvalue weighted by molar-refractivity contribution is 0.0895. The van der Waals surface area contributed by atoms with Crippen molar-refractivity contribution in [2.75, 3.05) is 38.7 Å². The van der Waals surface area contributed by atoms with E-state index in [2.05, 4.69) is 47.5 Å². The molecule has 1 saturated heterocycles. The van der Waals surface area contributed by atoms with Crippen molar-refractivity contribution in [2.45, 2.75) is 58.4 Å². The number of aryl methyl sites for hydroxylation is 1. The van der Waals surface area contributed by atoms with Gasteiger partial charge < -0.3 is 19.9 Å². The predicted octanol–water partition coefficient (Wildman–Crippen LogP) is 6.89. The zero-order valence-corrected chi connectivity index (χ0v) is 24.5. The molecule has 0 radical (unpaired) electrons. The number of fused-ring (bicyclic) bond motifs is 2. The van der Waals surface area contributed by atoms with Crippen LogP contribution in [0, 0.1) is 11.8 Å². The van der Waals surface area contributed by atoms with E-state index in [-0.39, 0.29) is 5.92 Å². The van der Waals surface area contributed by atoms with E-state index in [1.54, 1.807) is 13.2 Å². The summed E-state index contributed by atoms with van der Waals surface area (Å²) in [6.45, 7) is 7.03. The van der Waals surface area contributed by atoms with Gasteiger partial charge in [-0.1, -0.05) is 37.3 Å². The highest BCUT2D eigenvalue weighted by Gasteiger charge is 2.34. The molecule has 2 heterocycles. The first kappa shape index (κ1) is 29.0. The SMILES string of the molecule is CCCOc1cc2c(cc1OC)CC(CC1CCN(Cc3ccccc3)CC1)C2=O.Oc1ccc2c(c1)CCCN2. The van der Waals surface area contributed by atoms with Crippen molar-refractivity contribution in [1.29, 1.82) is 0 Å². The molecule has 1 unspecified atom stereocenters. The topological polar surface area (TPSA) is 71.0 Å². The molecule has 3 aromatic carbocycles. The van der Waals surface area contributed by atoms with Gasteiger partial charge in [0.2, 0.25) is 0 Å². The number of methoxy groups -OCH3 is 1. The quantitative estimate of drug-likeness (QED) is 0.295. The molecule has 0 bridgehead atoms. The number of ether oxygens (including phenoxy) is 2. The van der Waals surface area contributed by atoms with Crippen molar-refractivity contribution in [3.8, 4) is 17.2 Å². The molecular weight excluding hydrogens is 512 g/mol. The minimum Gasteiger partial charge on any atom is -0.508 e. The molecule has 3 aliphatic rings. The average molecular weight is 557 g/mol. The van der Waals surface area contributed by atoms with Gasteiger partial charge >= 0.3 is 0 Å². The van der Waals surface area contributed by atoms with Crippen LogP contribution >= 0.6 is 0 Å². The lowest BCUT2D eigenvalue weighted by atomic mass is 9.85. The van der Waals surface area contributed by atoms with Crippen molar-refractivity contribution in [2.24, 2.45) is 11.8 Å². The molecule has 1 fully saturated rings. The van der Waals surface area contributed by atoms with Crippen LogP contribution in [0.2, 0.25) is 0 Å². The minimum atomic E-state index is 0.108. The Hall–Kier alpha value is -3.51. The van der Waals surface area contributed by atoms with E-state index in [9.17, 15) is 4.79 Å². The third-order valence-corrected chi connectivity index (χ3v) is 8.55. The Morgan fingerprint density at radius 2 is 1.80 bits per heavy atom. The van der Waals surface area contributed by atoms with Gasteiger partial charge in [0.1, 0.15) is 5.75 Å². The predicted molar refractivity (Wildman–Crippen MR) is 164 cm³/mol. The molecule has 0 saturated carbocycles. The number of nitrogens with zero attached hydrogens (tertiary/aromatic N) is 1. The summed E-state index contributed by atoms with van der Waals surface area (Å²) < 4.78 is 11.3. The van der Waals surface area contributed by atoms with Crippen molar-refractivity contribution >= 4 is 11.5 Å². The van der Waals surface area contributed by atoms with Crippen molar-refractivity contribution in [3.63, 3.8) is 0 Å². The Kier molecular flexibility index (Phi) is 9.84. The summed E-state index contributed by atoms with van der Waals surface area (Å²) in [5.74, 6) is 2.84. The van der Waals surface area contributed by atoms with Crippen LogP contribution in [0.3, 0.4) is 0 Å². The van der Waals surface area contributed by atoms with Gasteiger partial charge in [-0.15, -0.1) is 0 Å². The molecule has 2 aliphatic heterocycles. The molecule has 0 spiro atoms. The third-order valence-electron chi connectivity index (χ3n) is 8.55. The molecule has 1 atom stereocenters. The zero-order chi connectivity index (χ0) is 28.6. The number of piperidine rings is 1. The standard InChI is InChI=1S/C26H33NO3.C9H11NO/c1-3-13-30-25-17-23-21(16-24(25)29-2)15-22(26(23)28)14-19-9-11-27(12-10-19)18-20-7-5-4-6-8-20;11-8-3-4-9-7(6-8)2-1-5-10-9/h4-8,16-17,19,22H,3,9-15,18H2,1-2H3;3-4,6,10-11H,1-2,5H2. The van der Waals surface area contributed by atoms with Gasteiger partial charge in [0, 0.05) is 30.3 Å². The van der Waals surface area contributed by atoms with Gasteiger partial charge in [-0.25, -0.2) is 0 Å². The van der Waals surface area contributed by atoms with E-state index >= 15 is 0 Å². The van der Waals surface area contributed by atoms with Gasteiger partial charge in [0.15, 0.2) is 17.3 Å². The van der Waals surface area contributed by atoms with Crippen molar-refractivity contribution in [1.82, 2.24) is 4.90 Å². The molecular formula is C35H44N2O4. The summed E-state index contributed by atoms with van der Waals surface area (Å²) in [7, 11) is 1.66. The fourth-order valence-electron chi connectivity index (χ4n) is 6.34. The second-order valence-electron chi connectivity index (χ2n) is 11.6. The van der Waals surface area contributed by atoms with Crippen LogP contribution in [0.25, 0.3) is 0 Å². The van der Waals surface area contributed by atoms with Crippen molar-refractivity contribution < 1.29 is 19.4 Å². The second-order valence-corrected chi connectivity index (χ2v) is 11.6. The number of phenolic OH excluding ortho intramolecular Hbond substituents is 1. The van der Waals surface area contributed by atoms with E-state index in [0.29, 0.717) is 29.8 Å². The van der Waals surface area contributed by atoms with E-state index in [0.717, 1.165) is 75.2 Å². The Labute approximate surface area is 244 Å². The lowest BCUT2D eigenvalue weighted by Gasteiger charge is -2.32. The highest BCUT2D eigenvalue weighted by molar-refractivity contribution is 6.02. The Morgan fingerprint density at radius 3 is 2.56 bits per heavy atom. The number of aromatic hydroxyl groups is 1. The molecule has 3 aromatic rings. The summed E-state index contributed by atoms with van der Waals surface area (Å²) in [6.07, 6.45) is 7.37. The van der Waals surface area contributed by atoms with Gasteiger partial charge in [-0.2, -0.15) is 0 Å². The molecule has 6 heteroatoms. The maximum Gasteiger partial charge on any atom is 0.166 e. The molecule has 6 nitrogen and oxygen atoms in total. The van der Waals surface area contributed by atoms with Crippen LogP contribution in [0.5, 0.6) is 17.2 Å². The number of hydrogen-bond acceptors (Lipinski definition) is 6. The number of hydrogen-bond donors (Lipinski definition) is 2. The maximum atomic E-state index is 13.1. The van der Waals surface area contributed by atoms with E-state index in [1.807, 2.05) is 24.3 Å². The summed E-state index contributed by atoms with van der Waals surface area (Å²) in [5, 5.41) is 12.4. The average Bonchev–Trinajstić information content (AvgIpc) is 3.30.